The fourth-order valence-electron chi connectivity index (χ4n) is 1.40. The summed E-state index contributed by atoms with van der Waals surface area (Å²) < 4.78 is 24.3. The van der Waals surface area contributed by atoms with Crippen molar-refractivity contribution >= 4 is 11.9 Å². The standard InChI is InChI=1S/C10H17F2NO4/c1-7(5-10(16)17)4-9(15)13(2-3-14)6-8(11)12/h7-8,14H,2-6H2,1H3,(H,16,17). The molecule has 100 valence electrons. The monoisotopic (exact) mass is 253 g/mol. The van der Waals surface area contributed by atoms with Crippen LogP contribution in [-0.2, 0) is 9.59 Å². The Morgan fingerprint density at radius 2 is 1.88 bits per heavy atom. The summed E-state index contributed by atoms with van der Waals surface area (Å²) in [4.78, 5) is 22.8. The largest absolute Gasteiger partial charge is 0.481 e. The maximum atomic E-state index is 12.1. The summed E-state index contributed by atoms with van der Waals surface area (Å²) in [7, 11) is 0. The van der Waals surface area contributed by atoms with Gasteiger partial charge in [-0.2, -0.15) is 0 Å². The molecule has 1 amide bonds. The third-order valence-electron chi connectivity index (χ3n) is 2.13. The Morgan fingerprint density at radius 3 is 2.29 bits per heavy atom. The molecule has 0 heterocycles. The third-order valence-corrected chi connectivity index (χ3v) is 2.13. The number of aliphatic hydroxyl groups excluding tert-OH is 1. The number of carbonyl (C=O) groups excluding carboxylic acids is 1. The molecule has 0 aliphatic heterocycles. The van der Waals surface area contributed by atoms with E-state index >= 15 is 0 Å². The molecule has 17 heavy (non-hydrogen) atoms. The van der Waals surface area contributed by atoms with Gasteiger partial charge in [0.1, 0.15) is 0 Å². The Hall–Kier alpha value is -1.24. The second-order valence-electron chi connectivity index (χ2n) is 3.86. The SMILES string of the molecule is CC(CC(=O)O)CC(=O)N(CCO)CC(F)F. The lowest BCUT2D eigenvalue weighted by Crippen LogP contribution is -2.38. The molecule has 0 aliphatic rings. The number of hydrogen-bond acceptors (Lipinski definition) is 3. The van der Waals surface area contributed by atoms with Gasteiger partial charge in [0.05, 0.1) is 13.2 Å². The first-order valence-electron chi connectivity index (χ1n) is 5.25. The Balaban J connectivity index is 4.25. The first-order valence-corrected chi connectivity index (χ1v) is 5.25. The molecule has 0 aliphatic carbocycles. The average Bonchev–Trinajstić information content (AvgIpc) is 2.14. The molecule has 5 nitrogen and oxygen atoms in total. The molecule has 2 N–H and O–H groups in total. The fourth-order valence-corrected chi connectivity index (χ4v) is 1.40. The Kier molecular flexibility index (Phi) is 7.36. The zero-order valence-corrected chi connectivity index (χ0v) is 9.60. The van der Waals surface area contributed by atoms with E-state index in [1.807, 2.05) is 0 Å². The zero-order valence-electron chi connectivity index (χ0n) is 9.60. The van der Waals surface area contributed by atoms with Crippen molar-refractivity contribution in [2.75, 3.05) is 19.7 Å². The normalized spacial score (nSPS) is 12.5. The van der Waals surface area contributed by atoms with E-state index in [4.69, 9.17) is 10.2 Å². The maximum Gasteiger partial charge on any atom is 0.303 e. The van der Waals surface area contributed by atoms with E-state index in [9.17, 15) is 18.4 Å². The molecule has 0 saturated heterocycles. The highest BCUT2D eigenvalue weighted by Gasteiger charge is 2.20. The molecule has 0 aromatic heterocycles. The minimum atomic E-state index is -2.67. The molecule has 0 rings (SSSR count). The van der Waals surface area contributed by atoms with Crippen LogP contribution in [0.5, 0.6) is 0 Å². The highest BCUT2D eigenvalue weighted by molar-refractivity contribution is 5.77. The van der Waals surface area contributed by atoms with Crippen molar-refractivity contribution in [3.05, 3.63) is 0 Å². The summed E-state index contributed by atoms with van der Waals surface area (Å²) in [5, 5.41) is 17.1. The van der Waals surface area contributed by atoms with Crippen LogP contribution in [0.2, 0.25) is 0 Å². The number of hydrogen-bond donors (Lipinski definition) is 2. The van der Waals surface area contributed by atoms with Crippen molar-refractivity contribution in [2.24, 2.45) is 5.92 Å². The van der Waals surface area contributed by atoms with E-state index in [2.05, 4.69) is 0 Å². The molecule has 0 spiro atoms. The quantitative estimate of drug-likeness (QED) is 0.663. The predicted octanol–water partition coefficient (Wildman–Crippen LogP) is 0.573. The van der Waals surface area contributed by atoms with Crippen molar-refractivity contribution in [1.82, 2.24) is 4.90 Å². The molecule has 0 aromatic carbocycles. The van der Waals surface area contributed by atoms with E-state index in [0.717, 1.165) is 4.90 Å². The summed E-state index contributed by atoms with van der Waals surface area (Å²) in [5.74, 6) is -2.01. The Labute approximate surface area is 98.0 Å². The predicted molar refractivity (Wildman–Crippen MR) is 55.7 cm³/mol. The second kappa shape index (κ2) is 7.94. The van der Waals surface area contributed by atoms with Gasteiger partial charge in [-0.05, 0) is 5.92 Å². The van der Waals surface area contributed by atoms with Crippen LogP contribution in [0.1, 0.15) is 19.8 Å². The number of aliphatic hydroxyl groups is 1. The van der Waals surface area contributed by atoms with Gasteiger partial charge in [-0.1, -0.05) is 6.92 Å². The lowest BCUT2D eigenvalue weighted by molar-refractivity contribution is -0.139. The van der Waals surface area contributed by atoms with Gasteiger partial charge in [0, 0.05) is 19.4 Å². The lowest BCUT2D eigenvalue weighted by atomic mass is 10.0. The van der Waals surface area contributed by atoms with Gasteiger partial charge in [-0.15, -0.1) is 0 Å². The van der Waals surface area contributed by atoms with E-state index in [1.165, 1.54) is 0 Å². The van der Waals surface area contributed by atoms with Crippen molar-refractivity contribution in [3.8, 4) is 0 Å². The van der Waals surface area contributed by atoms with Gasteiger partial charge >= 0.3 is 5.97 Å². The number of alkyl halides is 2. The summed E-state index contributed by atoms with van der Waals surface area (Å²) in [6.07, 6.45) is -2.97. The molecule has 0 radical (unpaired) electrons. The van der Waals surface area contributed by atoms with Crippen LogP contribution >= 0.6 is 0 Å². The highest BCUT2D eigenvalue weighted by Crippen LogP contribution is 2.11. The van der Waals surface area contributed by atoms with Crippen molar-refractivity contribution in [2.45, 2.75) is 26.2 Å². The van der Waals surface area contributed by atoms with E-state index < -0.39 is 37.4 Å². The third kappa shape index (κ3) is 7.62. The van der Waals surface area contributed by atoms with Gasteiger partial charge in [-0.25, -0.2) is 8.78 Å². The molecule has 0 saturated carbocycles. The van der Waals surface area contributed by atoms with Crippen LogP contribution in [-0.4, -0.2) is 53.1 Å². The van der Waals surface area contributed by atoms with Crippen LogP contribution in [0.3, 0.4) is 0 Å². The second-order valence-corrected chi connectivity index (χ2v) is 3.86. The number of aliphatic carboxylic acids is 1. The molecule has 7 heteroatoms. The van der Waals surface area contributed by atoms with Crippen LogP contribution in [0.15, 0.2) is 0 Å². The summed E-state index contributed by atoms with van der Waals surface area (Å²) in [6, 6.07) is 0. The molecular weight excluding hydrogens is 236 g/mol. The number of nitrogens with zero attached hydrogens (tertiary/aromatic N) is 1. The van der Waals surface area contributed by atoms with E-state index in [-0.39, 0.29) is 19.4 Å². The fraction of sp³-hybridized carbons (Fsp3) is 0.800. The molecule has 1 atom stereocenters. The molecule has 0 aromatic rings. The van der Waals surface area contributed by atoms with Gasteiger partial charge in [0.2, 0.25) is 5.91 Å². The van der Waals surface area contributed by atoms with Crippen molar-refractivity contribution in [3.63, 3.8) is 0 Å². The first kappa shape index (κ1) is 15.8. The number of rotatable bonds is 8. The average molecular weight is 253 g/mol. The number of carbonyl (C=O) groups is 2. The lowest BCUT2D eigenvalue weighted by Gasteiger charge is -2.22. The van der Waals surface area contributed by atoms with Gasteiger partial charge in [0.15, 0.2) is 0 Å². The number of carboxylic acid groups (broad SMARTS) is 1. The highest BCUT2D eigenvalue weighted by atomic mass is 19.3. The number of halogens is 2. The Bertz CT molecular complexity index is 261. The van der Waals surface area contributed by atoms with Gasteiger partial charge < -0.3 is 15.1 Å². The summed E-state index contributed by atoms with van der Waals surface area (Å²) in [5.41, 5.74) is 0. The van der Waals surface area contributed by atoms with Crippen molar-refractivity contribution in [1.29, 1.82) is 0 Å². The number of carboxylic acids is 1. The molecule has 1 unspecified atom stereocenters. The van der Waals surface area contributed by atoms with Crippen LogP contribution in [0, 0.1) is 5.92 Å². The van der Waals surface area contributed by atoms with Crippen molar-refractivity contribution < 1.29 is 28.6 Å². The van der Waals surface area contributed by atoms with E-state index in [0.29, 0.717) is 0 Å². The Morgan fingerprint density at radius 1 is 1.29 bits per heavy atom. The minimum Gasteiger partial charge on any atom is -0.481 e. The zero-order chi connectivity index (χ0) is 13.4. The molecule has 0 fully saturated rings. The maximum absolute atomic E-state index is 12.1. The van der Waals surface area contributed by atoms with Gasteiger partial charge in [-0.3, -0.25) is 9.59 Å². The van der Waals surface area contributed by atoms with E-state index in [1.54, 1.807) is 6.92 Å². The van der Waals surface area contributed by atoms with Gasteiger partial charge in [0.25, 0.3) is 6.43 Å². The smallest absolute Gasteiger partial charge is 0.303 e. The summed E-state index contributed by atoms with van der Waals surface area (Å²) in [6.45, 7) is 0.263. The number of amides is 1. The van der Waals surface area contributed by atoms with Crippen LogP contribution in [0.4, 0.5) is 8.78 Å². The minimum absolute atomic E-state index is 0.112. The summed E-state index contributed by atoms with van der Waals surface area (Å²) >= 11 is 0. The first-order chi connectivity index (χ1) is 7.86. The van der Waals surface area contributed by atoms with Crippen LogP contribution < -0.4 is 0 Å². The molecule has 0 bridgehead atoms. The topological polar surface area (TPSA) is 77.8 Å². The van der Waals surface area contributed by atoms with Crippen LogP contribution in [0.25, 0.3) is 0 Å². The molecular formula is C10H17F2NO4.